The molecule has 2 atom stereocenters. The number of unbranched alkanes of at least 4 members (excludes halogenated alkanes) is 2. The highest BCUT2D eigenvalue weighted by Gasteiger charge is 2.35. The second-order valence-corrected chi connectivity index (χ2v) is 10.6. The van der Waals surface area contributed by atoms with Gasteiger partial charge in [0.05, 0.1) is 0 Å². The average molecular weight is 494 g/mol. The molecule has 2 N–H and O–H groups in total. The van der Waals surface area contributed by atoms with Gasteiger partial charge in [0.2, 0.25) is 11.8 Å². The average Bonchev–Trinajstić information content (AvgIpc) is 2.74. The highest BCUT2D eigenvalue weighted by Crippen LogP contribution is 2.28. The van der Waals surface area contributed by atoms with E-state index in [1.54, 1.807) is 39.6 Å². The van der Waals surface area contributed by atoms with Gasteiger partial charge >= 0.3 is 6.09 Å². The van der Waals surface area contributed by atoms with E-state index in [1.807, 2.05) is 38.3 Å². The molecule has 1 aromatic carbocycles. The van der Waals surface area contributed by atoms with Crippen LogP contribution in [0.1, 0.15) is 76.1 Å². The number of hydrogen-bond donors (Lipinski definition) is 2. The van der Waals surface area contributed by atoms with Crippen molar-refractivity contribution in [2.24, 2.45) is 0 Å². The first-order valence-electron chi connectivity index (χ1n) is 12.0. The number of rotatable bonds is 12. The molecule has 34 heavy (non-hydrogen) atoms. The Morgan fingerprint density at radius 2 is 1.74 bits per heavy atom. The maximum atomic E-state index is 13.6. The second-order valence-electron chi connectivity index (χ2n) is 9.64. The summed E-state index contributed by atoms with van der Waals surface area (Å²) in [5.41, 5.74) is 2.01. The molecule has 0 saturated carbocycles. The topological polar surface area (TPSA) is 87.7 Å². The molecule has 0 aliphatic heterocycles. The summed E-state index contributed by atoms with van der Waals surface area (Å²) in [4.78, 5) is 40.9. The summed E-state index contributed by atoms with van der Waals surface area (Å²) >= 11 is 1.59. The fourth-order valence-electron chi connectivity index (χ4n) is 3.76. The van der Waals surface area contributed by atoms with Crippen LogP contribution in [0.2, 0.25) is 0 Å². The van der Waals surface area contributed by atoms with Gasteiger partial charge in [-0.15, -0.1) is 0 Å². The van der Waals surface area contributed by atoms with Crippen molar-refractivity contribution in [3.05, 3.63) is 34.9 Å². The molecule has 2 unspecified atom stereocenters. The molecule has 0 aliphatic carbocycles. The number of thioether (sulfide) groups is 1. The molecule has 0 radical (unpaired) electrons. The standard InChI is InChI=1S/C26H43N3O4S/c1-9-10-11-16-27-23(30)22(21-18(2)13-12-14-19(21)3)29(7)24(31)20(15-17-34-8)28-25(32)33-26(4,5)6/h12-14,20,22H,9-11,15-17H2,1-8H3,(H,27,30)(H,28,32). The number of nitrogens with zero attached hydrogens (tertiary/aromatic N) is 1. The molecule has 0 bridgehead atoms. The van der Waals surface area contributed by atoms with Gasteiger partial charge in [0.15, 0.2) is 0 Å². The number of carbonyl (C=O) groups is 3. The van der Waals surface area contributed by atoms with Gasteiger partial charge in [0.1, 0.15) is 17.7 Å². The van der Waals surface area contributed by atoms with Crippen LogP contribution in [0.4, 0.5) is 4.79 Å². The van der Waals surface area contributed by atoms with E-state index in [0.717, 1.165) is 36.0 Å². The predicted molar refractivity (Wildman–Crippen MR) is 140 cm³/mol. The number of carbonyl (C=O) groups excluding carboxylic acids is 3. The highest BCUT2D eigenvalue weighted by molar-refractivity contribution is 7.98. The molecule has 0 spiro atoms. The van der Waals surface area contributed by atoms with E-state index in [2.05, 4.69) is 17.6 Å². The zero-order valence-corrected chi connectivity index (χ0v) is 22.9. The number of aryl methyl sites for hydroxylation is 2. The van der Waals surface area contributed by atoms with Crippen LogP contribution in [0.15, 0.2) is 18.2 Å². The molecule has 0 saturated heterocycles. The molecule has 0 aromatic heterocycles. The Labute approximate surface area is 209 Å². The Balaban J connectivity index is 3.25. The quantitative estimate of drug-likeness (QED) is 0.410. The molecule has 3 amide bonds. The Bertz CT molecular complexity index is 803. The minimum absolute atomic E-state index is 0.217. The van der Waals surface area contributed by atoms with E-state index in [-0.39, 0.29) is 11.8 Å². The lowest BCUT2D eigenvalue weighted by atomic mass is 9.94. The van der Waals surface area contributed by atoms with Crippen LogP contribution >= 0.6 is 11.8 Å². The lowest BCUT2D eigenvalue weighted by Crippen LogP contribution is -2.52. The molecule has 1 aromatic rings. The van der Waals surface area contributed by atoms with Gasteiger partial charge in [0, 0.05) is 13.6 Å². The molecule has 192 valence electrons. The lowest BCUT2D eigenvalue weighted by molar-refractivity contribution is -0.140. The van der Waals surface area contributed by atoms with Crippen LogP contribution in [0.25, 0.3) is 0 Å². The fraction of sp³-hybridized carbons (Fsp3) is 0.654. The van der Waals surface area contributed by atoms with Crippen molar-refractivity contribution in [1.82, 2.24) is 15.5 Å². The maximum absolute atomic E-state index is 13.6. The molecular formula is C26H43N3O4S. The van der Waals surface area contributed by atoms with Crippen LogP contribution in [-0.2, 0) is 14.3 Å². The van der Waals surface area contributed by atoms with E-state index in [9.17, 15) is 14.4 Å². The Hall–Kier alpha value is -2.22. The number of alkyl carbamates (subject to hydrolysis) is 1. The van der Waals surface area contributed by atoms with E-state index < -0.39 is 23.8 Å². The Morgan fingerprint density at radius 3 is 2.26 bits per heavy atom. The van der Waals surface area contributed by atoms with Crippen molar-refractivity contribution < 1.29 is 19.1 Å². The number of hydrogen-bond acceptors (Lipinski definition) is 5. The van der Waals surface area contributed by atoms with Crippen LogP contribution in [0.3, 0.4) is 0 Å². The molecule has 0 aliphatic rings. The zero-order valence-electron chi connectivity index (χ0n) is 22.1. The van der Waals surface area contributed by atoms with Crippen molar-refractivity contribution in [2.45, 2.75) is 84.9 Å². The minimum Gasteiger partial charge on any atom is -0.444 e. The summed E-state index contributed by atoms with van der Waals surface area (Å²) in [6, 6.07) is 4.24. The third kappa shape index (κ3) is 9.57. The van der Waals surface area contributed by atoms with Gasteiger partial charge in [0.25, 0.3) is 0 Å². The fourth-order valence-corrected chi connectivity index (χ4v) is 4.23. The maximum Gasteiger partial charge on any atom is 0.408 e. The summed E-state index contributed by atoms with van der Waals surface area (Å²) in [6.07, 6.45) is 4.70. The predicted octanol–water partition coefficient (Wildman–Crippen LogP) is 4.76. The SMILES string of the molecule is CCCCCNC(=O)C(c1c(C)cccc1C)N(C)C(=O)C(CCSC)NC(=O)OC(C)(C)C. The molecule has 0 fully saturated rings. The van der Waals surface area contributed by atoms with Gasteiger partial charge in [-0.2, -0.15) is 11.8 Å². The third-order valence-corrected chi connectivity index (χ3v) is 6.12. The summed E-state index contributed by atoms with van der Waals surface area (Å²) in [5.74, 6) is 0.138. The van der Waals surface area contributed by atoms with Crippen LogP contribution in [0.5, 0.6) is 0 Å². The van der Waals surface area contributed by atoms with Crippen LogP contribution in [-0.4, -0.2) is 60.1 Å². The molecule has 1 rings (SSSR count). The minimum atomic E-state index is -0.799. The molecule has 0 heterocycles. The Kier molecular flexibility index (Phi) is 12.5. The number of benzene rings is 1. The summed E-state index contributed by atoms with van der Waals surface area (Å²) < 4.78 is 5.38. The van der Waals surface area contributed by atoms with Crippen LogP contribution < -0.4 is 10.6 Å². The summed E-state index contributed by atoms with van der Waals surface area (Å²) in [7, 11) is 1.63. The second kappa shape index (κ2) is 14.2. The van der Waals surface area contributed by atoms with E-state index >= 15 is 0 Å². The van der Waals surface area contributed by atoms with Crippen molar-refractivity contribution in [2.75, 3.05) is 25.6 Å². The number of amides is 3. The monoisotopic (exact) mass is 493 g/mol. The van der Waals surface area contributed by atoms with Crippen molar-refractivity contribution in [3.63, 3.8) is 0 Å². The van der Waals surface area contributed by atoms with E-state index in [0.29, 0.717) is 18.7 Å². The third-order valence-electron chi connectivity index (χ3n) is 5.48. The summed E-state index contributed by atoms with van der Waals surface area (Å²) in [5, 5.41) is 5.74. The first kappa shape index (κ1) is 29.8. The van der Waals surface area contributed by atoms with Crippen molar-refractivity contribution in [1.29, 1.82) is 0 Å². The van der Waals surface area contributed by atoms with Crippen molar-refractivity contribution >= 4 is 29.7 Å². The first-order chi connectivity index (χ1) is 15.9. The highest BCUT2D eigenvalue weighted by atomic mass is 32.2. The van der Waals surface area contributed by atoms with Gasteiger partial charge in [-0.3, -0.25) is 9.59 Å². The normalized spacial score (nSPS) is 13.1. The molecule has 8 heteroatoms. The van der Waals surface area contributed by atoms with E-state index in [4.69, 9.17) is 4.74 Å². The summed E-state index contributed by atoms with van der Waals surface area (Å²) in [6.45, 7) is 11.9. The van der Waals surface area contributed by atoms with Gasteiger partial charge < -0.3 is 20.3 Å². The first-order valence-corrected chi connectivity index (χ1v) is 13.4. The van der Waals surface area contributed by atoms with Gasteiger partial charge in [-0.25, -0.2) is 4.79 Å². The smallest absolute Gasteiger partial charge is 0.408 e. The number of nitrogens with one attached hydrogen (secondary N) is 2. The van der Waals surface area contributed by atoms with Gasteiger partial charge in [-0.1, -0.05) is 38.0 Å². The zero-order chi connectivity index (χ0) is 25.9. The van der Waals surface area contributed by atoms with Crippen LogP contribution in [0, 0.1) is 13.8 Å². The molecule has 7 nitrogen and oxygen atoms in total. The van der Waals surface area contributed by atoms with Gasteiger partial charge in [-0.05, 0) is 76.2 Å². The largest absolute Gasteiger partial charge is 0.444 e. The lowest BCUT2D eigenvalue weighted by Gasteiger charge is -2.33. The van der Waals surface area contributed by atoms with Crippen molar-refractivity contribution in [3.8, 4) is 0 Å². The number of likely N-dealkylation sites (N-methyl/N-ethyl adjacent to an activating group) is 1. The van der Waals surface area contributed by atoms with E-state index in [1.165, 1.54) is 4.90 Å². The molecular weight excluding hydrogens is 450 g/mol. The number of ether oxygens (including phenoxy) is 1. The Morgan fingerprint density at radius 1 is 1.12 bits per heavy atom.